The van der Waals surface area contributed by atoms with Crippen molar-refractivity contribution < 1.29 is 8.42 Å². The number of guanidine groups is 1. The van der Waals surface area contributed by atoms with Gasteiger partial charge in [-0.3, -0.25) is 4.99 Å². The Morgan fingerprint density at radius 2 is 1.88 bits per heavy atom. The largest absolute Gasteiger partial charge is 0.356 e. The third-order valence-corrected chi connectivity index (χ3v) is 5.52. The van der Waals surface area contributed by atoms with Crippen LogP contribution in [0.25, 0.3) is 0 Å². The van der Waals surface area contributed by atoms with E-state index in [0.717, 1.165) is 31.9 Å². The molecule has 1 aliphatic heterocycles. The average Bonchev–Trinajstić information content (AvgIpc) is 2.51. The summed E-state index contributed by atoms with van der Waals surface area (Å²) in [7, 11) is -1.13. The van der Waals surface area contributed by atoms with Gasteiger partial charge >= 0.3 is 0 Å². The fourth-order valence-electron chi connectivity index (χ4n) is 2.88. The van der Waals surface area contributed by atoms with Crippen molar-refractivity contribution in [2.75, 3.05) is 45.2 Å². The summed E-state index contributed by atoms with van der Waals surface area (Å²) >= 11 is 0. The van der Waals surface area contributed by atoms with Crippen molar-refractivity contribution in [1.29, 1.82) is 0 Å². The molecule has 0 aromatic heterocycles. The molecule has 0 saturated carbocycles. The predicted octanol–water partition coefficient (Wildman–Crippen LogP) is 2.10. The monoisotopic (exact) mass is 488 g/mol. The zero-order chi connectivity index (χ0) is 18.2. The molecule has 0 aliphatic carbocycles. The van der Waals surface area contributed by atoms with E-state index in [1.165, 1.54) is 19.2 Å². The maximum Gasteiger partial charge on any atom is 0.191 e. The average molecular weight is 488 g/mol. The van der Waals surface area contributed by atoms with Crippen LogP contribution in [-0.2, 0) is 9.84 Å². The maximum atomic E-state index is 11.3. The molecule has 6 nitrogen and oxygen atoms in total. The van der Waals surface area contributed by atoms with Crippen molar-refractivity contribution in [2.45, 2.75) is 52.5 Å². The van der Waals surface area contributed by atoms with Gasteiger partial charge in [-0.15, -0.1) is 24.0 Å². The second kappa shape index (κ2) is 11.6. The fourth-order valence-corrected chi connectivity index (χ4v) is 3.80. The molecule has 1 fully saturated rings. The highest BCUT2D eigenvalue weighted by molar-refractivity contribution is 14.0. The molecule has 1 saturated heterocycles. The van der Waals surface area contributed by atoms with Crippen LogP contribution in [0.4, 0.5) is 0 Å². The van der Waals surface area contributed by atoms with Crippen LogP contribution in [0, 0.1) is 5.41 Å². The van der Waals surface area contributed by atoms with Gasteiger partial charge in [0, 0.05) is 39.0 Å². The Bertz CT molecular complexity index is 501. The minimum absolute atomic E-state index is 0. The SMILES string of the molecule is CCCN1CCC(NC(=NC)NCC(C)(C)CCS(C)(=O)=O)CC1.I. The number of nitrogens with zero attached hydrogens (tertiary/aromatic N) is 2. The van der Waals surface area contributed by atoms with E-state index in [1.54, 1.807) is 7.05 Å². The van der Waals surface area contributed by atoms with Crippen molar-refractivity contribution in [3.05, 3.63) is 0 Å². The van der Waals surface area contributed by atoms with Gasteiger partial charge in [0.25, 0.3) is 0 Å². The normalized spacial score (nSPS) is 17.9. The topological polar surface area (TPSA) is 73.8 Å². The molecule has 1 aliphatic rings. The lowest BCUT2D eigenvalue weighted by Crippen LogP contribution is -2.50. The number of piperidine rings is 1. The highest BCUT2D eigenvalue weighted by atomic mass is 127. The second-order valence-corrected chi connectivity index (χ2v) is 9.99. The third kappa shape index (κ3) is 11.3. The van der Waals surface area contributed by atoms with Crippen molar-refractivity contribution in [3.63, 3.8) is 0 Å². The van der Waals surface area contributed by atoms with Gasteiger partial charge in [-0.2, -0.15) is 0 Å². The molecule has 150 valence electrons. The number of hydrogen-bond acceptors (Lipinski definition) is 4. The number of rotatable bonds is 8. The quantitative estimate of drug-likeness (QED) is 0.311. The lowest BCUT2D eigenvalue weighted by atomic mass is 9.90. The van der Waals surface area contributed by atoms with Crippen LogP contribution in [0.2, 0.25) is 0 Å². The van der Waals surface area contributed by atoms with Crippen LogP contribution in [0.1, 0.15) is 46.5 Å². The van der Waals surface area contributed by atoms with E-state index in [-0.39, 0.29) is 35.1 Å². The van der Waals surface area contributed by atoms with Crippen LogP contribution >= 0.6 is 24.0 Å². The number of hydrogen-bond donors (Lipinski definition) is 2. The highest BCUT2D eigenvalue weighted by Gasteiger charge is 2.22. The van der Waals surface area contributed by atoms with Gasteiger partial charge in [-0.1, -0.05) is 20.8 Å². The predicted molar refractivity (Wildman–Crippen MR) is 118 cm³/mol. The third-order valence-electron chi connectivity index (χ3n) is 4.58. The Balaban J connectivity index is 0.00000576. The van der Waals surface area contributed by atoms with Gasteiger partial charge in [0.15, 0.2) is 5.96 Å². The first kappa shape index (κ1) is 24.9. The van der Waals surface area contributed by atoms with Crippen LogP contribution < -0.4 is 10.6 Å². The van der Waals surface area contributed by atoms with Crippen LogP contribution in [0.5, 0.6) is 0 Å². The van der Waals surface area contributed by atoms with Gasteiger partial charge in [-0.05, 0) is 37.6 Å². The summed E-state index contributed by atoms with van der Waals surface area (Å²) in [5, 5.41) is 6.87. The molecule has 0 bridgehead atoms. The number of likely N-dealkylation sites (tertiary alicyclic amines) is 1. The number of nitrogens with one attached hydrogen (secondary N) is 2. The standard InChI is InChI=1S/C17H36N4O2S.HI/c1-6-10-21-11-7-15(8-12-21)20-16(18-4)19-14-17(2,3)9-13-24(5,22)23;/h15H,6-14H2,1-5H3,(H2,18,19,20);1H. The molecule has 0 aromatic rings. The molecule has 25 heavy (non-hydrogen) atoms. The molecular weight excluding hydrogens is 451 g/mol. The fraction of sp³-hybridized carbons (Fsp3) is 0.941. The van der Waals surface area contributed by atoms with Crippen LogP contribution in [0.3, 0.4) is 0 Å². The molecular formula is C17H37IN4O2S. The molecule has 0 spiro atoms. The van der Waals surface area contributed by atoms with E-state index in [2.05, 4.69) is 41.3 Å². The van der Waals surface area contributed by atoms with Gasteiger partial charge in [0.2, 0.25) is 0 Å². The second-order valence-electron chi connectivity index (χ2n) is 7.73. The van der Waals surface area contributed by atoms with Gasteiger partial charge in [0.05, 0.1) is 5.75 Å². The summed E-state index contributed by atoms with van der Waals surface area (Å²) < 4.78 is 22.7. The number of aliphatic imine (C=N–C) groups is 1. The lowest BCUT2D eigenvalue weighted by Gasteiger charge is -2.33. The highest BCUT2D eigenvalue weighted by Crippen LogP contribution is 2.19. The van der Waals surface area contributed by atoms with Crippen molar-refractivity contribution in [1.82, 2.24) is 15.5 Å². The maximum absolute atomic E-state index is 11.3. The number of sulfone groups is 1. The Hall–Kier alpha value is -0.0900. The molecule has 0 amide bonds. The van der Waals surface area contributed by atoms with Gasteiger partial charge in [-0.25, -0.2) is 8.42 Å². The summed E-state index contributed by atoms with van der Waals surface area (Å²) in [6, 6.07) is 0.462. The summed E-state index contributed by atoms with van der Waals surface area (Å²) in [6.45, 7) is 10.6. The summed E-state index contributed by atoms with van der Waals surface area (Å²) in [6.07, 6.45) is 5.42. The van der Waals surface area contributed by atoms with E-state index in [0.29, 0.717) is 19.0 Å². The molecule has 0 unspecified atom stereocenters. The number of halogens is 1. The summed E-state index contributed by atoms with van der Waals surface area (Å²) in [4.78, 5) is 6.83. The summed E-state index contributed by atoms with van der Waals surface area (Å²) in [5.41, 5.74) is -0.0921. The van der Waals surface area contributed by atoms with Crippen LogP contribution in [-0.4, -0.2) is 70.6 Å². The van der Waals surface area contributed by atoms with E-state index < -0.39 is 9.84 Å². The first-order chi connectivity index (χ1) is 11.1. The van der Waals surface area contributed by atoms with E-state index in [4.69, 9.17) is 0 Å². The van der Waals surface area contributed by atoms with Crippen molar-refractivity contribution in [3.8, 4) is 0 Å². The summed E-state index contributed by atoms with van der Waals surface area (Å²) in [5.74, 6) is 1.04. The van der Waals surface area contributed by atoms with E-state index in [9.17, 15) is 8.42 Å². The van der Waals surface area contributed by atoms with E-state index >= 15 is 0 Å². The van der Waals surface area contributed by atoms with Gasteiger partial charge < -0.3 is 15.5 Å². The smallest absolute Gasteiger partial charge is 0.191 e. The van der Waals surface area contributed by atoms with E-state index in [1.807, 2.05) is 0 Å². The molecule has 0 radical (unpaired) electrons. The van der Waals surface area contributed by atoms with Crippen molar-refractivity contribution >= 4 is 39.8 Å². The Morgan fingerprint density at radius 3 is 2.36 bits per heavy atom. The zero-order valence-corrected chi connectivity index (χ0v) is 19.6. The Labute approximate surface area is 171 Å². The molecule has 2 N–H and O–H groups in total. The minimum Gasteiger partial charge on any atom is -0.356 e. The first-order valence-electron chi connectivity index (χ1n) is 9.02. The molecule has 1 rings (SSSR count). The zero-order valence-electron chi connectivity index (χ0n) is 16.5. The molecule has 1 heterocycles. The van der Waals surface area contributed by atoms with Crippen molar-refractivity contribution in [2.24, 2.45) is 10.4 Å². The molecule has 0 atom stereocenters. The van der Waals surface area contributed by atoms with Crippen LogP contribution in [0.15, 0.2) is 4.99 Å². The minimum atomic E-state index is -2.91. The molecule has 0 aromatic carbocycles. The van der Waals surface area contributed by atoms with Gasteiger partial charge in [0.1, 0.15) is 9.84 Å². The Kier molecular flexibility index (Phi) is 11.5. The molecule has 8 heteroatoms. The first-order valence-corrected chi connectivity index (χ1v) is 11.1. The lowest BCUT2D eigenvalue weighted by molar-refractivity contribution is 0.206. The Morgan fingerprint density at radius 1 is 1.28 bits per heavy atom.